The quantitative estimate of drug-likeness (QED) is 0.605. The van der Waals surface area contributed by atoms with Crippen LogP contribution in [0.25, 0.3) is 11.6 Å². The Morgan fingerprint density at radius 3 is 2.64 bits per heavy atom. The third-order valence-electron chi connectivity index (χ3n) is 5.15. The van der Waals surface area contributed by atoms with E-state index in [1.807, 2.05) is 26.8 Å². The maximum Gasteiger partial charge on any atom is 0.410 e. The number of carbonyl (C=O) groups is 1. The zero-order valence-corrected chi connectivity index (χ0v) is 18.9. The van der Waals surface area contributed by atoms with E-state index in [1.165, 1.54) is 12.1 Å². The van der Waals surface area contributed by atoms with Crippen LogP contribution in [0.15, 0.2) is 40.8 Å². The summed E-state index contributed by atoms with van der Waals surface area (Å²) in [6, 6.07) is 9.68. The fourth-order valence-corrected chi connectivity index (χ4v) is 3.56. The highest BCUT2D eigenvalue weighted by Gasteiger charge is 2.29. The monoisotopic (exact) mass is 454 g/mol. The Morgan fingerprint density at radius 1 is 1.15 bits per heavy atom. The van der Waals surface area contributed by atoms with Crippen molar-refractivity contribution in [1.29, 1.82) is 0 Å². The number of piperidine rings is 1. The van der Waals surface area contributed by atoms with Gasteiger partial charge in [-0.05, 0) is 70.0 Å². The molecule has 1 unspecified atom stereocenters. The number of rotatable bonds is 5. The first-order valence-electron chi connectivity index (χ1n) is 10.9. The van der Waals surface area contributed by atoms with Crippen LogP contribution < -0.4 is 5.32 Å². The summed E-state index contributed by atoms with van der Waals surface area (Å²) in [7, 11) is 0. The number of nitrogens with one attached hydrogen (secondary N) is 1. The number of aromatic nitrogens is 4. The van der Waals surface area contributed by atoms with Gasteiger partial charge in [0, 0.05) is 24.7 Å². The molecule has 10 heteroatoms. The van der Waals surface area contributed by atoms with E-state index in [-0.39, 0.29) is 23.7 Å². The predicted octanol–water partition coefficient (Wildman–Crippen LogP) is 4.39. The molecule has 1 aliphatic rings. The van der Waals surface area contributed by atoms with Crippen molar-refractivity contribution >= 4 is 11.8 Å². The van der Waals surface area contributed by atoms with Gasteiger partial charge in [0.15, 0.2) is 0 Å². The largest absolute Gasteiger partial charge is 0.444 e. The van der Waals surface area contributed by atoms with Crippen molar-refractivity contribution in [2.75, 3.05) is 18.4 Å². The fourth-order valence-electron chi connectivity index (χ4n) is 3.56. The minimum absolute atomic E-state index is 0.0889. The number of hydrogen-bond acceptors (Lipinski definition) is 8. The van der Waals surface area contributed by atoms with Crippen molar-refractivity contribution in [3.05, 3.63) is 53.8 Å². The Labute approximate surface area is 191 Å². The van der Waals surface area contributed by atoms with Gasteiger partial charge < -0.3 is 19.4 Å². The average molecular weight is 455 g/mol. The summed E-state index contributed by atoms with van der Waals surface area (Å²) in [6.07, 6.45) is 1.50. The zero-order chi connectivity index (χ0) is 23.4. The molecule has 0 bridgehead atoms. The highest BCUT2D eigenvalue weighted by molar-refractivity contribution is 5.68. The third-order valence-corrected chi connectivity index (χ3v) is 5.15. The molecule has 9 nitrogen and oxygen atoms in total. The molecule has 1 aromatic carbocycles. The van der Waals surface area contributed by atoms with E-state index in [9.17, 15) is 9.18 Å². The van der Waals surface area contributed by atoms with E-state index < -0.39 is 5.60 Å². The molecule has 1 fully saturated rings. The van der Waals surface area contributed by atoms with Crippen LogP contribution >= 0.6 is 0 Å². The smallest absolute Gasteiger partial charge is 0.410 e. The van der Waals surface area contributed by atoms with Crippen molar-refractivity contribution in [3.8, 4) is 11.6 Å². The summed E-state index contributed by atoms with van der Waals surface area (Å²) >= 11 is 0. The van der Waals surface area contributed by atoms with Crippen molar-refractivity contribution in [2.45, 2.75) is 51.7 Å². The molecule has 1 atom stereocenters. The predicted molar refractivity (Wildman–Crippen MR) is 119 cm³/mol. The Morgan fingerprint density at radius 2 is 1.94 bits per heavy atom. The molecular formula is C23H27FN6O3. The number of halogens is 1. The topological polar surface area (TPSA) is 106 Å². The van der Waals surface area contributed by atoms with E-state index in [4.69, 9.17) is 9.15 Å². The molecule has 1 saturated heterocycles. The third kappa shape index (κ3) is 6.03. The molecule has 3 aromatic rings. The second kappa shape index (κ2) is 9.51. The van der Waals surface area contributed by atoms with Crippen LogP contribution in [0.5, 0.6) is 0 Å². The Bertz CT molecular complexity index is 1080. The average Bonchev–Trinajstić information content (AvgIpc) is 3.27. The molecule has 0 radical (unpaired) electrons. The maximum absolute atomic E-state index is 13.0. The highest BCUT2D eigenvalue weighted by Crippen LogP contribution is 2.27. The van der Waals surface area contributed by atoms with Crippen LogP contribution in [0.3, 0.4) is 0 Å². The van der Waals surface area contributed by atoms with Gasteiger partial charge in [0.2, 0.25) is 5.89 Å². The van der Waals surface area contributed by atoms with E-state index >= 15 is 0 Å². The van der Waals surface area contributed by atoms with Crippen LogP contribution in [0, 0.1) is 5.82 Å². The first-order chi connectivity index (χ1) is 15.8. The van der Waals surface area contributed by atoms with E-state index in [2.05, 4.69) is 25.7 Å². The van der Waals surface area contributed by atoms with E-state index in [1.54, 1.807) is 23.1 Å². The molecule has 174 valence electrons. The molecule has 1 N–H and O–H groups in total. The maximum atomic E-state index is 13.0. The lowest BCUT2D eigenvalue weighted by Crippen LogP contribution is -2.42. The van der Waals surface area contributed by atoms with Gasteiger partial charge in [-0.1, -0.05) is 0 Å². The number of amides is 1. The number of carbonyl (C=O) groups excluding carboxylic acids is 1. The molecule has 4 rings (SSSR count). The lowest BCUT2D eigenvalue weighted by Gasteiger charge is -2.33. The summed E-state index contributed by atoms with van der Waals surface area (Å²) < 4.78 is 24.2. The summed E-state index contributed by atoms with van der Waals surface area (Å²) in [5.74, 6) is 0.434. The Balaban J connectivity index is 1.36. The molecule has 0 spiro atoms. The van der Waals surface area contributed by atoms with Crippen LogP contribution in [0.2, 0.25) is 0 Å². The number of likely N-dealkylation sites (tertiary alicyclic amines) is 1. The normalized spacial score (nSPS) is 16.5. The second-order valence-electron chi connectivity index (χ2n) is 8.97. The van der Waals surface area contributed by atoms with E-state index in [0.717, 1.165) is 24.2 Å². The first kappa shape index (κ1) is 22.6. The second-order valence-corrected chi connectivity index (χ2v) is 8.97. The standard InChI is InChI=1S/C23H27FN6O3/c1-23(2,3)33-22(31)30-12-4-5-15(14-30)18-10-11-19(27-26-18)21-29-28-20(32-21)13-25-17-8-6-16(24)7-9-17/h6-11,15,25H,4-5,12-14H2,1-3H3. The molecule has 0 aliphatic carbocycles. The van der Waals surface area contributed by atoms with E-state index in [0.29, 0.717) is 31.2 Å². The van der Waals surface area contributed by atoms with Crippen LogP contribution in [0.4, 0.5) is 14.9 Å². The Kier molecular flexibility index (Phi) is 6.52. The van der Waals surface area contributed by atoms with Crippen molar-refractivity contribution in [2.24, 2.45) is 0 Å². The minimum atomic E-state index is -0.525. The molecule has 1 aliphatic heterocycles. The fraction of sp³-hybridized carbons (Fsp3) is 0.435. The van der Waals surface area contributed by atoms with Crippen LogP contribution in [-0.2, 0) is 11.3 Å². The van der Waals surface area contributed by atoms with Crippen LogP contribution in [-0.4, -0.2) is 50.1 Å². The SMILES string of the molecule is CC(C)(C)OC(=O)N1CCCC(c2ccc(-c3nnc(CNc4ccc(F)cc4)o3)nn2)C1. The summed E-state index contributed by atoms with van der Waals surface area (Å²) in [4.78, 5) is 14.1. The van der Waals surface area contributed by atoms with Gasteiger partial charge in [-0.15, -0.1) is 15.3 Å². The number of hydrogen-bond donors (Lipinski definition) is 1. The van der Waals surface area contributed by atoms with Gasteiger partial charge in [0.25, 0.3) is 5.89 Å². The summed E-state index contributed by atoms with van der Waals surface area (Å²) in [6.45, 7) is 7.10. The molecule has 0 saturated carbocycles. The van der Waals surface area contributed by atoms with Gasteiger partial charge >= 0.3 is 6.09 Å². The number of benzene rings is 1. The van der Waals surface area contributed by atoms with Crippen LogP contribution in [0.1, 0.15) is 51.1 Å². The number of anilines is 1. The lowest BCUT2D eigenvalue weighted by atomic mass is 9.95. The summed E-state index contributed by atoms with van der Waals surface area (Å²) in [5.41, 5.74) is 1.50. The van der Waals surface area contributed by atoms with Crippen molar-refractivity contribution < 1.29 is 18.3 Å². The molecule has 33 heavy (non-hydrogen) atoms. The molecular weight excluding hydrogens is 427 g/mol. The minimum Gasteiger partial charge on any atom is -0.444 e. The highest BCUT2D eigenvalue weighted by atomic mass is 19.1. The molecule has 3 heterocycles. The first-order valence-corrected chi connectivity index (χ1v) is 10.9. The van der Waals surface area contributed by atoms with Crippen molar-refractivity contribution in [1.82, 2.24) is 25.3 Å². The lowest BCUT2D eigenvalue weighted by molar-refractivity contribution is 0.0197. The Hall–Kier alpha value is -3.56. The van der Waals surface area contributed by atoms with Gasteiger partial charge in [-0.25, -0.2) is 9.18 Å². The zero-order valence-electron chi connectivity index (χ0n) is 18.9. The number of nitrogens with zero attached hydrogens (tertiary/aromatic N) is 5. The molecule has 1 amide bonds. The van der Waals surface area contributed by atoms with Gasteiger partial charge in [-0.3, -0.25) is 0 Å². The number of ether oxygens (including phenoxy) is 1. The van der Waals surface area contributed by atoms with Gasteiger partial charge in [-0.2, -0.15) is 5.10 Å². The van der Waals surface area contributed by atoms with Gasteiger partial charge in [0.1, 0.15) is 17.1 Å². The molecule has 2 aromatic heterocycles. The van der Waals surface area contributed by atoms with Gasteiger partial charge in [0.05, 0.1) is 12.2 Å². The van der Waals surface area contributed by atoms with Crippen molar-refractivity contribution in [3.63, 3.8) is 0 Å². The summed E-state index contributed by atoms with van der Waals surface area (Å²) in [5, 5.41) is 19.7.